The number of aromatic nitrogens is 2. The van der Waals surface area contributed by atoms with Crippen molar-refractivity contribution in [3.8, 4) is 0 Å². The van der Waals surface area contributed by atoms with Crippen LogP contribution in [0.5, 0.6) is 0 Å². The fraction of sp³-hybridized carbons (Fsp3) is 0.333. The monoisotopic (exact) mass is 247 g/mol. The lowest BCUT2D eigenvalue weighted by atomic mass is 10.3. The number of para-hydroxylation sites is 2. The number of carbonyl (C=O) groups excluding carboxylic acids is 1. The zero-order chi connectivity index (χ0) is 12.8. The fourth-order valence-corrected chi connectivity index (χ4v) is 1.62. The molecule has 2 aromatic rings. The maximum absolute atomic E-state index is 11.4. The van der Waals surface area contributed by atoms with Crippen molar-refractivity contribution >= 4 is 17.1 Å². The molecule has 1 heterocycles. The fourth-order valence-electron chi connectivity index (χ4n) is 1.62. The number of likely N-dealkylation sites (N-methyl/N-ethyl adjacent to an activating group) is 1. The van der Waals surface area contributed by atoms with Crippen LogP contribution in [0.4, 0.5) is 4.79 Å². The molecule has 1 aromatic carbocycles. The molecule has 0 saturated carbocycles. The number of urea groups is 1. The van der Waals surface area contributed by atoms with E-state index in [9.17, 15) is 4.79 Å². The number of H-pyrrole nitrogens is 1. The van der Waals surface area contributed by atoms with Gasteiger partial charge in [0, 0.05) is 13.1 Å². The molecular formula is C12H17N5O. The minimum Gasteiger partial charge on any atom is -0.340 e. The predicted molar refractivity (Wildman–Crippen MR) is 70.3 cm³/mol. The van der Waals surface area contributed by atoms with E-state index in [1.54, 1.807) is 0 Å². The van der Waals surface area contributed by atoms with Crippen LogP contribution in [-0.2, 0) is 6.54 Å². The van der Waals surface area contributed by atoms with Crippen LogP contribution in [0.3, 0.4) is 0 Å². The molecule has 0 spiro atoms. The average molecular weight is 247 g/mol. The molecule has 0 radical (unpaired) electrons. The number of amides is 2. The van der Waals surface area contributed by atoms with Crippen molar-refractivity contribution in [3.63, 3.8) is 0 Å². The second-order valence-corrected chi connectivity index (χ2v) is 3.91. The molecule has 0 saturated heterocycles. The minimum atomic E-state index is -0.189. The van der Waals surface area contributed by atoms with Gasteiger partial charge >= 0.3 is 6.03 Å². The van der Waals surface area contributed by atoms with E-state index in [2.05, 4.69) is 25.9 Å². The molecule has 2 rings (SSSR count). The first-order valence-corrected chi connectivity index (χ1v) is 5.89. The number of hydrogen-bond donors (Lipinski definition) is 4. The summed E-state index contributed by atoms with van der Waals surface area (Å²) < 4.78 is 0. The first-order valence-electron chi connectivity index (χ1n) is 5.89. The SMILES string of the molecule is CNCCNC(=O)NCc1nc2ccccc2[nH]1. The summed E-state index contributed by atoms with van der Waals surface area (Å²) in [5, 5.41) is 8.43. The van der Waals surface area contributed by atoms with Crippen LogP contribution in [0.15, 0.2) is 24.3 Å². The van der Waals surface area contributed by atoms with Crippen LogP contribution in [0.2, 0.25) is 0 Å². The molecular weight excluding hydrogens is 230 g/mol. The third kappa shape index (κ3) is 3.21. The lowest BCUT2D eigenvalue weighted by Gasteiger charge is -2.05. The summed E-state index contributed by atoms with van der Waals surface area (Å²) in [5.74, 6) is 0.750. The number of nitrogens with zero attached hydrogens (tertiary/aromatic N) is 1. The highest BCUT2D eigenvalue weighted by atomic mass is 16.2. The van der Waals surface area contributed by atoms with Crippen LogP contribution in [-0.4, -0.2) is 36.1 Å². The normalized spacial score (nSPS) is 10.5. The largest absolute Gasteiger partial charge is 0.340 e. The summed E-state index contributed by atoms with van der Waals surface area (Å²) in [5.41, 5.74) is 1.88. The molecule has 18 heavy (non-hydrogen) atoms. The molecule has 0 aliphatic carbocycles. The number of aromatic amines is 1. The van der Waals surface area contributed by atoms with Gasteiger partial charge in [-0.25, -0.2) is 9.78 Å². The van der Waals surface area contributed by atoms with Gasteiger partial charge in [-0.1, -0.05) is 12.1 Å². The molecule has 6 heteroatoms. The highest BCUT2D eigenvalue weighted by molar-refractivity contribution is 5.75. The van der Waals surface area contributed by atoms with Gasteiger partial charge < -0.3 is 20.9 Å². The van der Waals surface area contributed by atoms with Gasteiger partial charge in [0.2, 0.25) is 0 Å². The van der Waals surface area contributed by atoms with Crippen molar-refractivity contribution in [2.75, 3.05) is 20.1 Å². The standard InChI is InChI=1S/C12H17N5O/c1-13-6-7-14-12(18)15-8-11-16-9-4-2-3-5-10(9)17-11/h2-5,13H,6-8H2,1H3,(H,16,17)(H2,14,15,18). The number of hydrogen-bond acceptors (Lipinski definition) is 3. The van der Waals surface area contributed by atoms with E-state index in [-0.39, 0.29) is 6.03 Å². The van der Waals surface area contributed by atoms with Crippen LogP contribution in [0.25, 0.3) is 11.0 Å². The van der Waals surface area contributed by atoms with Gasteiger partial charge in [-0.15, -0.1) is 0 Å². The Hall–Kier alpha value is -2.08. The van der Waals surface area contributed by atoms with E-state index >= 15 is 0 Å². The van der Waals surface area contributed by atoms with Gasteiger partial charge in [0.25, 0.3) is 0 Å². The van der Waals surface area contributed by atoms with E-state index in [0.717, 1.165) is 23.4 Å². The Balaban J connectivity index is 1.84. The van der Waals surface area contributed by atoms with Gasteiger partial charge in [0.1, 0.15) is 5.82 Å². The van der Waals surface area contributed by atoms with Crippen molar-refractivity contribution in [2.24, 2.45) is 0 Å². The van der Waals surface area contributed by atoms with Crippen molar-refractivity contribution in [3.05, 3.63) is 30.1 Å². The zero-order valence-corrected chi connectivity index (χ0v) is 10.3. The summed E-state index contributed by atoms with van der Waals surface area (Å²) in [7, 11) is 1.84. The van der Waals surface area contributed by atoms with Gasteiger partial charge in [-0.3, -0.25) is 0 Å². The van der Waals surface area contributed by atoms with Gasteiger partial charge in [0.05, 0.1) is 17.6 Å². The molecule has 6 nitrogen and oxygen atoms in total. The summed E-state index contributed by atoms with van der Waals surface area (Å²) >= 11 is 0. The number of nitrogens with one attached hydrogen (secondary N) is 4. The summed E-state index contributed by atoms with van der Waals surface area (Å²) in [6.07, 6.45) is 0. The number of imidazole rings is 1. The second kappa shape index (κ2) is 6.02. The molecule has 2 amide bonds. The van der Waals surface area contributed by atoms with E-state index in [4.69, 9.17) is 0 Å². The maximum atomic E-state index is 11.4. The number of fused-ring (bicyclic) bond motifs is 1. The van der Waals surface area contributed by atoms with Gasteiger partial charge in [-0.2, -0.15) is 0 Å². The highest BCUT2D eigenvalue weighted by Gasteiger charge is 2.03. The Morgan fingerprint density at radius 1 is 1.28 bits per heavy atom. The Morgan fingerprint density at radius 3 is 2.89 bits per heavy atom. The van der Waals surface area contributed by atoms with Crippen molar-refractivity contribution in [2.45, 2.75) is 6.54 Å². The first kappa shape index (κ1) is 12.4. The van der Waals surface area contributed by atoms with Crippen LogP contribution in [0.1, 0.15) is 5.82 Å². The summed E-state index contributed by atoms with van der Waals surface area (Å²) in [6, 6.07) is 7.58. The Bertz CT molecular complexity index is 489. The van der Waals surface area contributed by atoms with Crippen LogP contribution < -0.4 is 16.0 Å². The molecule has 0 aliphatic rings. The smallest absolute Gasteiger partial charge is 0.315 e. The lowest BCUT2D eigenvalue weighted by molar-refractivity contribution is 0.240. The molecule has 0 fully saturated rings. The summed E-state index contributed by atoms with van der Waals surface area (Å²) in [6.45, 7) is 1.74. The first-order chi connectivity index (χ1) is 8.79. The van der Waals surface area contributed by atoms with Crippen LogP contribution >= 0.6 is 0 Å². The quantitative estimate of drug-likeness (QED) is 0.583. The number of rotatable bonds is 5. The highest BCUT2D eigenvalue weighted by Crippen LogP contribution is 2.09. The molecule has 0 aliphatic heterocycles. The Kier molecular flexibility index (Phi) is 4.14. The summed E-state index contributed by atoms with van der Waals surface area (Å²) in [4.78, 5) is 18.9. The predicted octanol–water partition coefficient (Wildman–Crippen LogP) is 0.582. The average Bonchev–Trinajstić information content (AvgIpc) is 2.79. The molecule has 4 N–H and O–H groups in total. The third-order valence-corrected chi connectivity index (χ3v) is 2.52. The van der Waals surface area contributed by atoms with Crippen molar-refractivity contribution < 1.29 is 4.79 Å². The van der Waals surface area contributed by atoms with E-state index in [1.165, 1.54) is 0 Å². The van der Waals surface area contributed by atoms with E-state index < -0.39 is 0 Å². The molecule has 96 valence electrons. The van der Waals surface area contributed by atoms with E-state index in [1.807, 2.05) is 31.3 Å². The number of carbonyl (C=O) groups is 1. The number of benzene rings is 1. The van der Waals surface area contributed by atoms with Crippen molar-refractivity contribution in [1.82, 2.24) is 25.9 Å². The molecule has 1 aromatic heterocycles. The Labute approximate surface area is 105 Å². The van der Waals surface area contributed by atoms with Crippen LogP contribution in [0, 0.1) is 0 Å². The third-order valence-electron chi connectivity index (χ3n) is 2.52. The lowest BCUT2D eigenvalue weighted by Crippen LogP contribution is -2.38. The topological polar surface area (TPSA) is 81.8 Å². The second-order valence-electron chi connectivity index (χ2n) is 3.91. The Morgan fingerprint density at radius 2 is 2.11 bits per heavy atom. The minimum absolute atomic E-state index is 0.189. The van der Waals surface area contributed by atoms with E-state index in [0.29, 0.717) is 13.1 Å². The van der Waals surface area contributed by atoms with Crippen molar-refractivity contribution in [1.29, 1.82) is 0 Å². The molecule has 0 atom stereocenters. The zero-order valence-electron chi connectivity index (χ0n) is 10.3. The maximum Gasteiger partial charge on any atom is 0.315 e. The van der Waals surface area contributed by atoms with Gasteiger partial charge in [0.15, 0.2) is 0 Å². The molecule has 0 bridgehead atoms. The van der Waals surface area contributed by atoms with Gasteiger partial charge in [-0.05, 0) is 19.2 Å². The molecule has 0 unspecified atom stereocenters.